The highest BCUT2D eigenvalue weighted by Gasteiger charge is 2.32. The number of amides is 2. The highest BCUT2D eigenvalue weighted by atomic mass is 16.2. The van der Waals surface area contributed by atoms with E-state index in [1.807, 2.05) is 9.80 Å². The largest absolute Gasteiger partial charge is 0.343 e. The molecule has 0 aliphatic carbocycles. The molecule has 2 saturated heterocycles. The maximum Gasteiger partial charge on any atom is 0.223 e. The van der Waals surface area contributed by atoms with Crippen molar-refractivity contribution in [3.8, 4) is 0 Å². The van der Waals surface area contributed by atoms with Gasteiger partial charge in [0.2, 0.25) is 11.8 Å². The number of carbonyl (C=O) groups excluding carboxylic acids is 2. The van der Waals surface area contributed by atoms with Gasteiger partial charge in [-0.25, -0.2) is 0 Å². The standard InChI is InChI=1S/C21H38N2O2/c1-20(2,3)15-18(24)23-12-8-17(9-13-23)14-21(4,5)16-19(25)22-10-6-7-11-22/h17H,6-16H2,1-5H3. The lowest BCUT2D eigenvalue weighted by molar-refractivity contribution is -0.134. The predicted octanol–water partition coefficient (Wildman–Crippen LogP) is 4.09. The van der Waals surface area contributed by atoms with Crippen LogP contribution in [0.25, 0.3) is 0 Å². The summed E-state index contributed by atoms with van der Waals surface area (Å²) in [5, 5.41) is 0. The van der Waals surface area contributed by atoms with Crippen molar-refractivity contribution >= 4 is 11.8 Å². The van der Waals surface area contributed by atoms with E-state index in [1.165, 1.54) is 0 Å². The fourth-order valence-corrected chi connectivity index (χ4v) is 4.29. The Morgan fingerprint density at radius 1 is 0.800 bits per heavy atom. The molecule has 0 spiro atoms. The molecule has 0 saturated carbocycles. The third-order valence-corrected chi connectivity index (χ3v) is 5.58. The van der Waals surface area contributed by atoms with Crippen LogP contribution >= 0.6 is 0 Å². The number of rotatable bonds is 5. The molecule has 4 nitrogen and oxygen atoms in total. The van der Waals surface area contributed by atoms with Gasteiger partial charge in [-0.1, -0.05) is 34.6 Å². The van der Waals surface area contributed by atoms with Gasteiger partial charge in [-0.3, -0.25) is 9.59 Å². The van der Waals surface area contributed by atoms with Gasteiger partial charge in [0.15, 0.2) is 0 Å². The molecule has 2 heterocycles. The van der Waals surface area contributed by atoms with Crippen LogP contribution in [-0.4, -0.2) is 47.8 Å². The molecule has 0 radical (unpaired) electrons. The Bertz CT molecular complexity index is 465. The highest BCUT2D eigenvalue weighted by Crippen LogP contribution is 2.35. The molecule has 2 rings (SSSR count). The van der Waals surface area contributed by atoms with Gasteiger partial charge in [0.25, 0.3) is 0 Å². The molecular formula is C21H38N2O2. The molecule has 0 unspecified atom stereocenters. The number of carbonyl (C=O) groups is 2. The van der Waals surface area contributed by atoms with Gasteiger partial charge in [0.05, 0.1) is 0 Å². The average molecular weight is 351 g/mol. The summed E-state index contributed by atoms with van der Waals surface area (Å²) in [6.45, 7) is 14.5. The number of likely N-dealkylation sites (tertiary alicyclic amines) is 2. The van der Waals surface area contributed by atoms with Crippen LogP contribution in [0.2, 0.25) is 0 Å². The molecule has 0 aromatic heterocycles. The van der Waals surface area contributed by atoms with E-state index in [9.17, 15) is 9.59 Å². The second-order valence-corrected chi connectivity index (χ2v) is 10.2. The van der Waals surface area contributed by atoms with Gasteiger partial charge < -0.3 is 9.80 Å². The summed E-state index contributed by atoms with van der Waals surface area (Å²) in [4.78, 5) is 28.9. The van der Waals surface area contributed by atoms with E-state index in [1.54, 1.807) is 0 Å². The van der Waals surface area contributed by atoms with Crippen LogP contribution in [0.1, 0.15) is 79.6 Å². The van der Waals surface area contributed by atoms with Gasteiger partial charge in [-0.15, -0.1) is 0 Å². The normalized spacial score (nSPS) is 20.2. The van der Waals surface area contributed by atoms with Gasteiger partial charge in [0, 0.05) is 39.0 Å². The first-order chi connectivity index (χ1) is 11.6. The van der Waals surface area contributed by atoms with Crippen molar-refractivity contribution in [3.05, 3.63) is 0 Å². The fourth-order valence-electron chi connectivity index (χ4n) is 4.29. The van der Waals surface area contributed by atoms with Crippen molar-refractivity contribution in [2.75, 3.05) is 26.2 Å². The number of hydrogen-bond acceptors (Lipinski definition) is 2. The van der Waals surface area contributed by atoms with Crippen LogP contribution in [0.4, 0.5) is 0 Å². The quantitative estimate of drug-likeness (QED) is 0.749. The summed E-state index contributed by atoms with van der Waals surface area (Å²) in [6.07, 6.45) is 6.87. The van der Waals surface area contributed by atoms with Crippen LogP contribution in [-0.2, 0) is 9.59 Å². The molecule has 2 fully saturated rings. The lowest BCUT2D eigenvalue weighted by Gasteiger charge is -2.37. The van der Waals surface area contributed by atoms with Gasteiger partial charge in [-0.05, 0) is 48.9 Å². The zero-order chi connectivity index (χ0) is 18.7. The molecule has 0 N–H and O–H groups in total. The Kier molecular flexibility index (Phi) is 6.56. The van der Waals surface area contributed by atoms with Crippen molar-refractivity contribution in [2.45, 2.75) is 79.6 Å². The van der Waals surface area contributed by atoms with E-state index in [0.29, 0.717) is 30.6 Å². The summed E-state index contributed by atoms with van der Waals surface area (Å²) in [7, 11) is 0. The van der Waals surface area contributed by atoms with E-state index in [-0.39, 0.29) is 10.8 Å². The van der Waals surface area contributed by atoms with E-state index in [0.717, 1.165) is 58.3 Å². The second-order valence-electron chi connectivity index (χ2n) is 10.2. The van der Waals surface area contributed by atoms with Crippen molar-refractivity contribution in [1.82, 2.24) is 9.80 Å². The van der Waals surface area contributed by atoms with Crippen molar-refractivity contribution in [2.24, 2.45) is 16.7 Å². The molecule has 4 heteroatoms. The third kappa shape index (κ3) is 6.63. The molecular weight excluding hydrogens is 312 g/mol. The zero-order valence-electron chi connectivity index (χ0n) is 17.1. The maximum absolute atomic E-state index is 12.4. The molecule has 2 amide bonds. The summed E-state index contributed by atoms with van der Waals surface area (Å²) < 4.78 is 0. The maximum atomic E-state index is 12.4. The summed E-state index contributed by atoms with van der Waals surface area (Å²) in [6, 6.07) is 0. The monoisotopic (exact) mass is 350 g/mol. The minimum absolute atomic E-state index is 0.0575. The summed E-state index contributed by atoms with van der Waals surface area (Å²) >= 11 is 0. The fraction of sp³-hybridized carbons (Fsp3) is 0.905. The van der Waals surface area contributed by atoms with Crippen LogP contribution in [0.15, 0.2) is 0 Å². The first-order valence-corrected chi connectivity index (χ1v) is 10.1. The van der Waals surface area contributed by atoms with Gasteiger partial charge >= 0.3 is 0 Å². The first-order valence-electron chi connectivity index (χ1n) is 10.1. The Labute approximate surface area is 154 Å². The van der Waals surface area contributed by atoms with E-state index >= 15 is 0 Å². The Morgan fingerprint density at radius 2 is 1.28 bits per heavy atom. The minimum atomic E-state index is 0.0575. The molecule has 25 heavy (non-hydrogen) atoms. The predicted molar refractivity (Wildman–Crippen MR) is 102 cm³/mol. The molecule has 0 atom stereocenters. The van der Waals surface area contributed by atoms with Crippen LogP contribution in [0.3, 0.4) is 0 Å². The Balaban J connectivity index is 1.76. The van der Waals surface area contributed by atoms with E-state index < -0.39 is 0 Å². The Morgan fingerprint density at radius 3 is 1.80 bits per heavy atom. The van der Waals surface area contributed by atoms with Gasteiger partial charge in [0.1, 0.15) is 0 Å². The summed E-state index contributed by atoms with van der Waals surface area (Å²) in [5.41, 5.74) is 0.119. The smallest absolute Gasteiger partial charge is 0.223 e. The lowest BCUT2D eigenvalue weighted by Crippen LogP contribution is -2.41. The molecule has 0 bridgehead atoms. The summed E-state index contributed by atoms with van der Waals surface area (Å²) in [5.74, 6) is 1.27. The number of nitrogens with zero attached hydrogens (tertiary/aromatic N) is 2. The lowest BCUT2D eigenvalue weighted by atomic mass is 9.76. The van der Waals surface area contributed by atoms with Crippen molar-refractivity contribution in [1.29, 1.82) is 0 Å². The number of piperidine rings is 1. The van der Waals surface area contributed by atoms with E-state index in [2.05, 4.69) is 34.6 Å². The second kappa shape index (κ2) is 8.09. The van der Waals surface area contributed by atoms with Crippen LogP contribution in [0.5, 0.6) is 0 Å². The van der Waals surface area contributed by atoms with Crippen molar-refractivity contribution in [3.63, 3.8) is 0 Å². The first kappa shape index (κ1) is 20.3. The zero-order valence-corrected chi connectivity index (χ0v) is 17.1. The molecule has 0 aromatic rings. The Hall–Kier alpha value is -1.06. The van der Waals surface area contributed by atoms with Gasteiger partial charge in [-0.2, -0.15) is 0 Å². The van der Waals surface area contributed by atoms with Crippen LogP contribution in [0, 0.1) is 16.7 Å². The molecule has 0 aromatic carbocycles. The molecule has 2 aliphatic rings. The average Bonchev–Trinajstić information content (AvgIpc) is 2.99. The topological polar surface area (TPSA) is 40.6 Å². The SMILES string of the molecule is CC(C)(C)CC(=O)N1CCC(CC(C)(C)CC(=O)N2CCCC2)CC1. The minimum Gasteiger partial charge on any atom is -0.343 e. The molecule has 2 aliphatic heterocycles. The molecule has 144 valence electrons. The third-order valence-electron chi connectivity index (χ3n) is 5.58. The highest BCUT2D eigenvalue weighted by molar-refractivity contribution is 5.77. The van der Waals surface area contributed by atoms with Crippen LogP contribution < -0.4 is 0 Å². The van der Waals surface area contributed by atoms with Crippen molar-refractivity contribution < 1.29 is 9.59 Å². The van der Waals surface area contributed by atoms with E-state index in [4.69, 9.17) is 0 Å². The number of hydrogen-bond donors (Lipinski definition) is 0.